The molecule has 0 saturated carbocycles. The highest BCUT2D eigenvalue weighted by Gasteiger charge is 2.27. The van der Waals surface area contributed by atoms with Crippen LogP contribution in [0.3, 0.4) is 0 Å². The van der Waals surface area contributed by atoms with Gasteiger partial charge in [-0.3, -0.25) is 24.7 Å². The Morgan fingerprint density at radius 1 is 1.20 bits per heavy atom. The van der Waals surface area contributed by atoms with E-state index in [1.165, 1.54) is 0 Å². The van der Waals surface area contributed by atoms with Gasteiger partial charge in [0, 0.05) is 6.54 Å². The maximum absolute atomic E-state index is 11.0. The molecule has 0 aliphatic heterocycles. The zero-order chi connectivity index (χ0) is 15.7. The summed E-state index contributed by atoms with van der Waals surface area (Å²) < 4.78 is 0. The van der Waals surface area contributed by atoms with Crippen molar-refractivity contribution in [2.24, 2.45) is 16.5 Å². The molecule has 10 heteroatoms. The van der Waals surface area contributed by atoms with Gasteiger partial charge in [0.05, 0.1) is 6.42 Å². The maximum Gasteiger partial charge on any atom is 0.321 e. The predicted octanol–water partition coefficient (Wildman–Crippen LogP) is -1.99. The molecule has 0 aliphatic carbocycles. The molecule has 0 saturated heterocycles. The van der Waals surface area contributed by atoms with Gasteiger partial charge in [0.15, 0.2) is 5.96 Å². The van der Waals surface area contributed by atoms with Crippen molar-refractivity contribution in [3.8, 4) is 0 Å². The first kappa shape index (κ1) is 17.6. The molecule has 0 rings (SSSR count). The molecule has 0 bridgehead atoms. The molecule has 0 fully saturated rings. The molecule has 0 radical (unpaired) electrons. The molecule has 8 N–H and O–H groups in total. The van der Waals surface area contributed by atoms with Gasteiger partial charge in [-0.2, -0.15) is 0 Å². The zero-order valence-corrected chi connectivity index (χ0v) is 10.7. The summed E-state index contributed by atoms with van der Waals surface area (Å²) in [5, 5.41) is 28.6. The first-order chi connectivity index (χ1) is 9.23. The minimum Gasteiger partial charge on any atom is -0.481 e. The van der Waals surface area contributed by atoms with Crippen LogP contribution in [0.25, 0.3) is 0 Å². The highest BCUT2D eigenvalue weighted by atomic mass is 16.4. The van der Waals surface area contributed by atoms with Crippen LogP contribution in [0.1, 0.15) is 19.3 Å². The van der Waals surface area contributed by atoms with E-state index >= 15 is 0 Å². The Hall–Kier alpha value is -2.36. The minimum atomic E-state index is -1.48. The lowest BCUT2D eigenvalue weighted by Gasteiger charge is -2.18. The lowest BCUT2D eigenvalue weighted by molar-refractivity contribution is -0.147. The highest BCUT2D eigenvalue weighted by Crippen LogP contribution is 2.03. The lowest BCUT2D eigenvalue weighted by atomic mass is 10.2. The largest absolute Gasteiger partial charge is 0.481 e. The van der Waals surface area contributed by atoms with Crippen molar-refractivity contribution in [1.82, 2.24) is 5.32 Å². The van der Waals surface area contributed by atoms with Crippen LogP contribution in [0.15, 0.2) is 4.99 Å². The normalized spacial score (nSPS) is 13.2. The number of nitrogens with one attached hydrogen (secondary N) is 1. The van der Waals surface area contributed by atoms with Crippen LogP contribution in [0.2, 0.25) is 0 Å². The second kappa shape index (κ2) is 8.69. The Kier molecular flexibility index (Phi) is 7.67. The number of nitrogens with two attached hydrogens (primary N) is 2. The summed E-state index contributed by atoms with van der Waals surface area (Å²) in [5.74, 6) is -4.16. The smallest absolute Gasteiger partial charge is 0.321 e. The van der Waals surface area contributed by atoms with E-state index < -0.39 is 36.4 Å². The first-order valence-corrected chi connectivity index (χ1v) is 5.73. The maximum atomic E-state index is 11.0. The molecule has 1 unspecified atom stereocenters. The van der Waals surface area contributed by atoms with Crippen LogP contribution in [-0.4, -0.2) is 57.8 Å². The molecule has 0 aromatic heterocycles. The van der Waals surface area contributed by atoms with Gasteiger partial charge in [-0.05, 0) is 12.8 Å². The summed E-state index contributed by atoms with van der Waals surface area (Å²) in [6.07, 6.45) is -0.343. The number of guanidine groups is 1. The van der Waals surface area contributed by atoms with E-state index in [4.69, 9.17) is 26.8 Å². The van der Waals surface area contributed by atoms with Crippen LogP contribution >= 0.6 is 0 Å². The number of hydrogen-bond donors (Lipinski definition) is 6. The quantitative estimate of drug-likeness (QED) is 0.150. The Balaban J connectivity index is 4.50. The average molecular weight is 292 g/mol. The van der Waals surface area contributed by atoms with Crippen molar-refractivity contribution >= 4 is 23.9 Å². The van der Waals surface area contributed by atoms with E-state index in [1.54, 1.807) is 0 Å². The number of aliphatic imine (C=N–C) groups is 1. The van der Waals surface area contributed by atoms with E-state index in [-0.39, 0.29) is 18.9 Å². The monoisotopic (exact) mass is 292 g/mol. The number of nitrogens with zero attached hydrogens (tertiary/aromatic N) is 1. The molecule has 0 spiro atoms. The van der Waals surface area contributed by atoms with E-state index in [0.717, 1.165) is 0 Å². The Labute approximate surface area is 114 Å². The highest BCUT2D eigenvalue weighted by molar-refractivity contribution is 5.82. The van der Waals surface area contributed by atoms with Crippen LogP contribution in [-0.2, 0) is 14.4 Å². The summed E-state index contributed by atoms with van der Waals surface area (Å²) in [7, 11) is 0. The van der Waals surface area contributed by atoms with E-state index in [9.17, 15) is 14.4 Å². The third-order valence-electron chi connectivity index (χ3n) is 2.32. The van der Waals surface area contributed by atoms with Gasteiger partial charge in [0.1, 0.15) is 12.1 Å². The third-order valence-corrected chi connectivity index (χ3v) is 2.32. The summed E-state index contributed by atoms with van der Waals surface area (Å²) in [5.41, 5.74) is 10.2. The molecule has 0 aromatic rings. The zero-order valence-electron chi connectivity index (χ0n) is 10.7. The van der Waals surface area contributed by atoms with Crippen molar-refractivity contribution in [3.63, 3.8) is 0 Å². The SMILES string of the molecule is NC(N)=NCCC[14C@H](NC(CC(=O)O)C(=O)O)C(=O)O. The Morgan fingerprint density at radius 2 is 1.80 bits per heavy atom. The number of carboxylic acid groups (broad SMARTS) is 3. The van der Waals surface area contributed by atoms with Crippen molar-refractivity contribution in [1.29, 1.82) is 0 Å². The van der Waals surface area contributed by atoms with Crippen LogP contribution in [0, 0.1) is 0 Å². The molecule has 2 atom stereocenters. The summed E-state index contributed by atoms with van der Waals surface area (Å²) in [6, 6.07) is -2.67. The third kappa shape index (κ3) is 7.87. The number of carboxylic acids is 3. The molecular weight excluding hydrogens is 274 g/mol. The van der Waals surface area contributed by atoms with Crippen LogP contribution < -0.4 is 16.8 Å². The van der Waals surface area contributed by atoms with Gasteiger partial charge >= 0.3 is 17.9 Å². The Morgan fingerprint density at radius 3 is 2.20 bits per heavy atom. The summed E-state index contributed by atoms with van der Waals surface area (Å²) in [4.78, 5) is 36.0. The second-order valence-electron chi connectivity index (χ2n) is 3.99. The Bertz CT molecular complexity index is 393. The van der Waals surface area contributed by atoms with E-state index in [1.807, 2.05) is 0 Å². The second-order valence-corrected chi connectivity index (χ2v) is 3.99. The number of hydrogen-bond acceptors (Lipinski definition) is 5. The minimum absolute atomic E-state index is 0.0650. The van der Waals surface area contributed by atoms with Crippen molar-refractivity contribution in [3.05, 3.63) is 0 Å². The topological polar surface area (TPSA) is 188 Å². The molecule has 20 heavy (non-hydrogen) atoms. The molecule has 0 amide bonds. The van der Waals surface area contributed by atoms with Crippen molar-refractivity contribution < 1.29 is 29.7 Å². The number of aliphatic carboxylic acids is 3. The summed E-state index contributed by atoms with van der Waals surface area (Å²) in [6.45, 7) is 0.199. The number of carbonyl (C=O) groups is 3. The fourth-order valence-corrected chi connectivity index (χ4v) is 1.42. The lowest BCUT2D eigenvalue weighted by Crippen LogP contribution is -2.48. The standard InChI is InChI=1S/C10H18N4O6/c11-10(12)13-3-1-2-5(8(17)18)14-6(9(19)20)4-7(15)16/h5-6,14H,1-4H2,(H,15,16)(H,17,18)(H,19,20)(H4,11,12,13)/t5-,6?/m0/s1/i5+2. The van der Waals surface area contributed by atoms with Gasteiger partial charge in [0.2, 0.25) is 0 Å². The van der Waals surface area contributed by atoms with Crippen molar-refractivity contribution in [2.75, 3.05) is 6.54 Å². The number of rotatable bonds is 10. The average Bonchev–Trinajstić information content (AvgIpc) is 2.30. The molecule has 0 heterocycles. The van der Waals surface area contributed by atoms with Gasteiger partial charge in [-0.15, -0.1) is 0 Å². The van der Waals surface area contributed by atoms with E-state index in [0.29, 0.717) is 6.42 Å². The van der Waals surface area contributed by atoms with Crippen LogP contribution in [0.4, 0.5) is 0 Å². The van der Waals surface area contributed by atoms with Gasteiger partial charge in [0.25, 0.3) is 0 Å². The predicted molar refractivity (Wildman–Crippen MR) is 68.1 cm³/mol. The molecule has 114 valence electrons. The first-order valence-electron chi connectivity index (χ1n) is 5.73. The molecular formula is C10H18N4O6. The fraction of sp³-hybridized carbons (Fsp3) is 0.600. The molecule has 10 nitrogen and oxygen atoms in total. The van der Waals surface area contributed by atoms with Gasteiger partial charge < -0.3 is 26.8 Å². The van der Waals surface area contributed by atoms with Gasteiger partial charge in [-0.25, -0.2) is 0 Å². The van der Waals surface area contributed by atoms with Gasteiger partial charge in [-0.1, -0.05) is 0 Å². The fourth-order valence-electron chi connectivity index (χ4n) is 1.42. The van der Waals surface area contributed by atoms with Crippen molar-refractivity contribution in [2.45, 2.75) is 31.3 Å². The van der Waals surface area contributed by atoms with Crippen LogP contribution in [0.5, 0.6) is 0 Å². The summed E-state index contributed by atoms with van der Waals surface area (Å²) >= 11 is 0. The van der Waals surface area contributed by atoms with E-state index in [2.05, 4.69) is 10.3 Å². The molecule has 0 aromatic carbocycles. The molecule has 0 aliphatic rings.